The lowest BCUT2D eigenvalue weighted by Gasteiger charge is -2.15. The number of benzene rings is 2. The van der Waals surface area contributed by atoms with E-state index in [2.05, 4.69) is 43.4 Å². The minimum atomic E-state index is -0.000413. The monoisotopic (exact) mass is 327 g/mol. The smallest absolute Gasteiger partial charge is 0.279 e. The van der Waals surface area contributed by atoms with E-state index in [1.807, 2.05) is 31.3 Å². The Hall–Kier alpha value is -2.33. The summed E-state index contributed by atoms with van der Waals surface area (Å²) >= 11 is 0. The van der Waals surface area contributed by atoms with Crippen LogP contribution in [0, 0.1) is 0 Å². The van der Waals surface area contributed by atoms with Crippen LogP contribution in [-0.4, -0.2) is 26.6 Å². The molecule has 1 amide bonds. The second kappa shape index (κ2) is 8.50. The van der Waals surface area contributed by atoms with Crippen LogP contribution < -0.4 is 15.0 Å². The Kier molecular flexibility index (Phi) is 6.38. The van der Waals surface area contributed by atoms with E-state index in [0.29, 0.717) is 12.5 Å². The summed E-state index contributed by atoms with van der Waals surface area (Å²) in [5, 5.41) is 2.92. The molecule has 0 saturated heterocycles. The molecule has 0 fully saturated rings. The van der Waals surface area contributed by atoms with Gasteiger partial charge in [0.15, 0.2) is 6.54 Å². The highest BCUT2D eigenvalue weighted by Crippen LogP contribution is 2.16. The average molecular weight is 327 g/mol. The third kappa shape index (κ3) is 5.39. The number of ether oxygens (including phenoxy) is 1. The van der Waals surface area contributed by atoms with Gasteiger partial charge in [0.25, 0.3) is 5.91 Å². The van der Waals surface area contributed by atoms with Gasteiger partial charge in [-0.2, -0.15) is 0 Å². The van der Waals surface area contributed by atoms with Crippen molar-refractivity contribution in [1.29, 1.82) is 0 Å². The molecule has 2 N–H and O–H groups in total. The summed E-state index contributed by atoms with van der Waals surface area (Å²) in [6.45, 7) is 5.62. The number of hydrogen-bond donors (Lipinski definition) is 2. The number of hydrogen-bond acceptors (Lipinski definition) is 2. The van der Waals surface area contributed by atoms with Gasteiger partial charge in [-0.1, -0.05) is 44.2 Å². The first kappa shape index (κ1) is 18.0. The predicted octanol–water partition coefficient (Wildman–Crippen LogP) is 2.47. The van der Waals surface area contributed by atoms with Gasteiger partial charge in [0.05, 0.1) is 14.2 Å². The highest BCUT2D eigenvalue weighted by atomic mass is 16.5. The van der Waals surface area contributed by atoms with Crippen LogP contribution in [0.25, 0.3) is 0 Å². The molecule has 0 bridgehead atoms. The number of anilines is 1. The molecule has 0 saturated carbocycles. The second-order valence-electron chi connectivity index (χ2n) is 6.49. The minimum absolute atomic E-state index is 0.000413. The molecule has 1 atom stereocenters. The van der Waals surface area contributed by atoms with Crippen LogP contribution in [0.2, 0.25) is 0 Å². The van der Waals surface area contributed by atoms with E-state index >= 15 is 0 Å². The number of carbonyl (C=O) groups is 1. The van der Waals surface area contributed by atoms with E-state index in [-0.39, 0.29) is 5.91 Å². The Balaban J connectivity index is 1.86. The third-order valence-electron chi connectivity index (χ3n) is 3.97. The van der Waals surface area contributed by atoms with Crippen LogP contribution >= 0.6 is 0 Å². The number of carbonyl (C=O) groups excluding carboxylic acids is 1. The van der Waals surface area contributed by atoms with E-state index in [0.717, 1.165) is 22.9 Å². The molecule has 4 nitrogen and oxygen atoms in total. The summed E-state index contributed by atoms with van der Waals surface area (Å²) in [6, 6.07) is 16.0. The standard InChI is InChI=1S/C20H26N2O2/c1-15(2)17-10-8-16(9-11-17)13-22(3)14-20(23)21-18-6-5-7-19(12-18)24-4/h5-12,15H,13-14H2,1-4H3,(H,21,23)/p+1. The van der Waals surface area contributed by atoms with Gasteiger partial charge in [-0.25, -0.2) is 0 Å². The van der Waals surface area contributed by atoms with E-state index in [4.69, 9.17) is 4.74 Å². The molecule has 0 aliphatic carbocycles. The highest BCUT2D eigenvalue weighted by molar-refractivity contribution is 5.91. The minimum Gasteiger partial charge on any atom is -0.497 e. The predicted molar refractivity (Wildman–Crippen MR) is 97.6 cm³/mol. The topological polar surface area (TPSA) is 42.8 Å². The summed E-state index contributed by atoms with van der Waals surface area (Å²) in [4.78, 5) is 13.3. The Morgan fingerprint density at radius 1 is 1.17 bits per heavy atom. The summed E-state index contributed by atoms with van der Waals surface area (Å²) in [5.41, 5.74) is 3.34. The highest BCUT2D eigenvalue weighted by Gasteiger charge is 2.11. The van der Waals surface area contributed by atoms with Crippen LogP contribution in [0.5, 0.6) is 5.75 Å². The maximum absolute atomic E-state index is 12.2. The first-order valence-electron chi connectivity index (χ1n) is 8.32. The molecule has 0 radical (unpaired) electrons. The fourth-order valence-corrected chi connectivity index (χ4v) is 2.61. The van der Waals surface area contributed by atoms with Gasteiger partial charge in [0.1, 0.15) is 12.3 Å². The number of methoxy groups -OCH3 is 1. The second-order valence-corrected chi connectivity index (χ2v) is 6.49. The van der Waals surface area contributed by atoms with Gasteiger partial charge in [-0.15, -0.1) is 0 Å². The lowest BCUT2D eigenvalue weighted by atomic mass is 10.0. The molecular weight excluding hydrogens is 300 g/mol. The Morgan fingerprint density at radius 3 is 2.50 bits per heavy atom. The van der Waals surface area contributed by atoms with Crippen molar-refractivity contribution >= 4 is 11.6 Å². The number of nitrogens with one attached hydrogen (secondary N) is 2. The van der Waals surface area contributed by atoms with E-state index in [9.17, 15) is 4.79 Å². The van der Waals surface area contributed by atoms with Crippen molar-refractivity contribution in [2.75, 3.05) is 26.0 Å². The summed E-state index contributed by atoms with van der Waals surface area (Å²) in [6.07, 6.45) is 0. The average Bonchev–Trinajstić information content (AvgIpc) is 2.55. The molecule has 128 valence electrons. The van der Waals surface area contributed by atoms with Crippen molar-refractivity contribution in [3.63, 3.8) is 0 Å². The molecule has 1 unspecified atom stereocenters. The fourth-order valence-electron chi connectivity index (χ4n) is 2.61. The molecule has 2 aromatic rings. The Bertz CT molecular complexity index is 666. The maximum Gasteiger partial charge on any atom is 0.279 e. The molecule has 4 heteroatoms. The van der Waals surface area contributed by atoms with Gasteiger partial charge in [0, 0.05) is 17.3 Å². The van der Waals surface area contributed by atoms with Gasteiger partial charge < -0.3 is 15.0 Å². The zero-order chi connectivity index (χ0) is 17.5. The molecule has 24 heavy (non-hydrogen) atoms. The largest absolute Gasteiger partial charge is 0.497 e. The van der Waals surface area contributed by atoms with Crippen molar-refractivity contribution in [3.8, 4) is 5.75 Å². The molecule has 0 aliphatic rings. The van der Waals surface area contributed by atoms with Crippen molar-refractivity contribution in [2.45, 2.75) is 26.3 Å². The van der Waals surface area contributed by atoms with E-state index in [1.165, 1.54) is 11.1 Å². The molecule has 0 aromatic heterocycles. The zero-order valence-electron chi connectivity index (χ0n) is 14.9. The third-order valence-corrected chi connectivity index (χ3v) is 3.97. The van der Waals surface area contributed by atoms with Crippen LogP contribution in [0.4, 0.5) is 5.69 Å². The first-order chi connectivity index (χ1) is 11.5. The van der Waals surface area contributed by atoms with Gasteiger partial charge in [0.2, 0.25) is 0 Å². The molecule has 0 spiro atoms. The molecular formula is C20H27N2O2+. The van der Waals surface area contributed by atoms with Crippen LogP contribution in [0.3, 0.4) is 0 Å². The maximum atomic E-state index is 12.2. The summed E-state index contributed by atoms with van der Waals surface area (Å²) < 4.78 is 5.17. The van der Waals surface area contributed by atoms with Gasteiger partial charge >= 0.3 is 0 Å². The lowest BCUT2D eigenvalue weighted by Crippen LogP contribution is -3.08. The van der Waals surface area contributed by atoms with Crippen LogP contribution in [-0.2, 0) is 11.3 Å². The first-order valence-corrected chi connectivity index (χ1v) is 8.32. The Labute approximate surface area is 144 Å². The number of amides is 1. The zero-order valence-corrected chi connectivity index (χ0v) is 14.9. The quantitative estimate of drug-likeness (QED) is 0.820. The number of rotatable bonds is 7. The van der Waals surface area contributed by atoms with E-state index in [1.54, 1.807) is 7.11 Å². The normalized spacial score (nSPS) is 12.0. The van der Waals surface area contributed by atoms with Crippen molar-refractivity contribution < 1.29 is 14.4 Å². The van der Waals surface area contributed by atoms with Gasteiger partial charge in [-0.05, 0) is 23.6 Å². The van der Waals surface area contributed by atoms with Crippen molar-refractivity contribution in [3.05, 3.63) is 59.7 Å². The van der Waals surface area contributed by atoms with Crippen LogP contribution in [0.15, 0.2) is 48.5 Å². The van der Waals surface area contributed by atoms with Crippen molar-refractivity contribution in [2.24, 2.45) is 0 Å². The molecule has 2 rings (SSSR count). The number of likely N-dealkylation sites (N-methyl/N-ethyl adjacent to an activating group) is 1. The Morgan fingerprint density at radius 2 is 1.88 bits per heavy atom. The summed E-state index contributed by atoms with van der Waals surface area (Å²) in [5.74, 6) is 1.27. The molecule has 0 aliphatic heterocycles. The summed E-state index contributed by atoms with van der Waals surface area (Å²) in [7, 11) is 3.64. The lowest BCUT2D eigenvalue weighted by molar-refractivity contribution is -0.885. The number of quaternary nitrogens is 1. The SMILES string of the molecule is COc1cccc(NC(=O)C[NH+](C)Cc2ccc(C(C)C)cc2)c1. The van der Waals surface area contributed by atoms with Crippen LogP contribution in [0.1, 0.15) is 30.9 Å². The van der Waals surface area contributed by atoms with Crippen molar-refractivity contribution in [1.82, 2.24) is 0 Å². The van der Waals surface area contributed by atoms with Gasteiger partial charge in [-0.3, -0.25) is 4.79 Å². The molecule has 2 aromatic carbocycles. The fraction of sp³-hybridized carbons (Fsp3) is 0.350. The molecule has 0 heterocycles. The van der Waals surface area contributed by atoms with E-state index < -0.39 is 0 Å².